The first kappa shape index (κ1) is 17.2. The molecule has 1 atom stereocenters. The second kappa shape index (κ2) is 6.69. The number of rotatable bonds is 6. The summed E-state index contributed by atoms with van der Waals surface area (Å²) >= 11 is 1.16. The van der Waals surface area contributed by atoms with Crippen molar-refractivity contribution in [3.05, 3.63) is 29.3 Å². The van der Waals surface area contributed by atoms with Crippen LogP contribution in [-0.4, -0.2) is 48.0 Å². The van der Waals surface area contributed by atoms with Gasteiger partial charge in [-0.3, -0.25) is 4.79 Å². The standard InChI is InChI=1S/C16H16N2O6S/c1-16(7-22-2,15(20)21)18-13(19)12-6-17-14(25-12)9-3-4-10-11(5-9)24-8-23-10/h3-6H,7-8H2,1-2H3,(H,18,19)(H,20,21). The van der Waals surface area contributed by atoms with Crippen molar-refractivity contribution in [2.75, 3.05) is 20.5 Å². The van der Waals surface area contributed by atoms with Crippen LogP contribution in [0, 0.1) is 0 Å². The molecule has 132 valence electrons. The van der Waals surface area contributed by atoms with Gasteiger partial charge < -0.3 is 24.6 Å². The number of carboxylic acid groups (broad SMARTS) is 1. The van der Waals surface area contributed by atoms with E-state index >= 15 is 0 Å². The molecule has 0 saturated heterocycles. The second-order valence-corrected chi connectivity index (χ2v) is 6.65. The Labute approximate surface area is 147 Å². The van der Waals surface area contributed by atoms with E-state index in [4.69, 9.17) is 14.2 Å². The van der Waals surface area contributed by atoms with Crippen LogP contribution in [0.3, 0.4) is 0 Å². The number of amides is 1. The Hall–Kier alpha value is -2.65. The minimum Gasteiger partial charge on any atom is -0.479 e. The van der Waals surface area contributed by atoms with E-state index in [9.17, 15) is 14.7 Å². The molecule has 0 bridgehead atoms. The van der Waals surface area contributed by atoms with Crippen molar-refractivity contribution >= 4 is 23.2 Å². The number of hydrogen-bond acceptors (Lipinski definition) is 7. The Kier molecular flexibility index (Phi) is 4.60. The molecule has 2 heterocycles. The number of carbonyl (C=O) groups is 2. The fraction of sp³-hybridized carbons (Fsp3) is 0.312. The Bertz CT molecular complexity index is 821. The molecule has 2 N–H and O–H groups in total. The lowest BCUT2D eigenvalue weighted by atomic mass is 10.0. The van der Waals surface area contributed by atoms with Crippen molar-refractivity contribution < 1.29 is 28.9 Å². The fourth-order valence-corrected chi connectivity index (χ4v) is 3.10. The zero-order chi connectivity index (χ0) is 18.0. The van der Waals surface area contributed by atoms with Crippen LogP contribution in [-0.2, 0) is 9.53 Å². The smallest absolute Gasteiger partial charge is 0.331 e. The van der Waals surface area contributed by atoms with E-state index in [1.807, 2.05) is 6.07 Å². The topological polar surface area (TPSA) is 107 Å². The second-order valence-electron chi connectivity index (χ2n) is 5.62. The van der Waals surface area contributed by atoms with Crippen molar-refractivity contribution in [2.45, 2.75) is 12.5 Å². The van der Waals surface area contributed by atoms with Crippen molar-refractivity contribution in [1.29, 1.82) is 0 Å². The lowest BCUT2D eigenvalue weighted by Crippen LogP contribution is -2.55. The molecular formula is C16H16N2O6S. The van der Waals surface area contributed by atoms with Gasteiger partial charge in [-0.05, 0) is 25.1 Å². The summed E-state index contributed by atoms with van der Waals surface area (Å²) < 4.78 is 15.5. The number of carboxylic acids is 1. The van der Waals surface area contributed by atoms with Crippen LogP contribution in [0.15, 0.2) is 24.4 Å². The number of thiazole rings is 1. The number of aliphatic carboxylic acids is 1. The first-order chi connectivity index (χ1) is 11.9. The number of nitrogens with one attached hydrogen (secondary N) is 1. The summed E-state index contributed by atoms with van der Waals surface area (Å²) in [5.74, 6) is -0.415. The van der Waals surface area contributed by atoms with Gasteiger partial charge in [-0.15, -0.1) is 11.3 Å². The van der Waals surface area contributed by atoms with E-state index in [-0.39, 0.29) is 13.4 Å². The Morgan fingerprint density at radius 3 is 2.88 bits per heavy atom. The summed E-state index contributed by atoms with van der Waals surface area (Å²) in [6.07, 6.45) is 1.41. The number of aromatic nitrogens is 1. The predicted molar refractivity (Wildman–Crippen MR) is 89.1 cm³/mol. The van der Waals surface area contributed by atoms with Gasteiger partial charge in [0.25, 0.3) is 5.91 Å². The molecular weight excluding hydrogens is 348 g/mol. The minimum absolute atomic E-state index is 0.151. The minimum atomic E-state index is -1.52. The molecule has 0 radical (unpaired) electrons. The van der Waals surface area contributed by atoms with E-state index in [1.165, 1.54) is 20.2 Å². The average molecular weight is 364 g/mol. The summed E-state index contributed by atoms with van der Waals surface area (Å²) in [7, 11) is 1.37. The SMILES string of the molecule is COCC(C)(NC(=O)c1cnc(-c2ccc3c(c2)OCO3)s1)C(=O)O. The summed E-state index contributed by atoms with van der Waals surface area (Å²) in [5.41, 5.74) is -0.736. The number of benzene rings is 1. The number of fused-ring (bicyclic) bond motifs is 1. The molecule has 25 heavy (non-hydrogen) atoms. The van der Waals surface area contributed by atoms with Crippen molar-refractivity contribution in [2.24, 2.45) is 0 Å². The molecule has 3 rings (SSSR count). The highest BCUT2D eigenvalue weighted by Crippen LogP contribution is 2.37. The van der Waals surface area contributed by atoms with Crippen LogP contribution in [0.5, 0.6) is 11.5 Å². The zero-order valence-electron chi connectivity index (χ0n) is 13.6. The molecule has 0 aliphatic carbocycles. The van der Waals surface area contributed by atoms with E-state index in [0.29, 0.717) is 21.4 Å². The van der Waals surface area contributed by atoms with Crippen LogP contribution in [0.25, 0.3) is 10.6 Å². The maximum atomic E-state index is 12.4. The van der Waals surface area contributed by atoms with E-state index in [0.717, 1.165) is 16.9 Å². The van der Waals surface area contributed by atoms with Gasteiger partial charge in [-0.2, -0.15) is 0 Å². The average Bonchev–Trinajstić information content (AvgIpc) is 3.23. The van der Waals surface area contributed by atoms with Gasteiger partial charge in [0.1, 0.15) is 9.88 Å². The number of methoxy groups -OCH3 is 1. The monoisotopic (exact) mass is 364 g/mol. The molecule has 8 nitrogen and oxygen atoms in total. The Balaban J connectivity index is 1.79. The lowest BCUT2D eigenvalue weighted by Gasteiger charge is -2.24. The third-order valence-corrected chi connectivity index (χ3v) is 4.69. The number of ether oxygens (including phenoxy) is 3. The highest BCUT2D eigenvalue weighted by Gasteiger charge is 2.35. The Morgan fingerprint density at radius 2 is 2.16 bits per heavy atom. The maximum absolute atomic E-state index is 12.4. The number of carbonyl (C=O) groups excluding carboxylic acids is 1. The van der Waals surface area contributed by atoms with Gasteiger partial charge in [-0.1, -0.05) is 0 Å². The molecule has 1 amide bonds. The van der Waals surface area contributed by atoms with E-state index in [1.54, 1.807) is 12.1 Å². The highest BCUT2D eigenvalue weighted by molar-refractivity contribution is 7.16. The molecule has 1 aliphatic rings. The van der Waals surface area contributed by atoms with Gasteiger partial charge in [0.2, 0.25) is 6.79 Å². The molecule has 0 fully saturated rings. The van der Waals surface area contributed by atoms with E-state index in [2.05, 4.69) is 10.3 Å². The van der Waals surface area contributed by atoms with Crippen molar-refractivity contribution in [1.82, 2.24) is 10.3 Å². The highest BCUT2D eigenvalue weighted by atomic mass is 32.1. The van der Waals surface area contributed by atoms with Gasteiger partial charge in [0, 0.05) is 12.7 Å². The molecule has 2 aromatic rings. The van der Waals surface area contributed by atoms with Crippen LogP contribution in [0.4, 0.5) is 0 Å². The molecule has 1 unspecified atom stereocenters. The van der Waals surface area contributed by atoms with Crippen molar-refractivity contribution in [3.8, 4) is 22.1 Å². The molecule has 1 aliphatic heterocycles. The predicted octanol–water partition coefficient (Wildman–Crippen LogP) is 1.76. The first-order valence-corrected chi connectivity index (χ1v) is 8.15. The zero-order valence-corrected chi connectivity index (χ0v) is 14.4. The largest absolute Gasteiger partial charge is 0.479 e. The lowest BCUT2D eigenvalue weighted by molar-refractivity contribution is -0.145. The molecule has 1 aromatic carbocycles. The summed E-state index contributed by atoms with van der Waals surface area (Å²) in [5, 5.41) is 12.4. The molecule has 1 aromatic heterocycles. The van der Waals surface area contributed by atoms with Gasteiger partial charge >= 0.3 is 5.97 Å². The quantitative estimate of drug-likeness (QED) is 0.804. The normalized spacial score (nSPS) is 14.8. The van der Waals surface area contributed by atoms with Gasteiger partial charge in [0.05, 0.1) is 12.8 Å². The van der Waals surface area contributed by atoms with Crippen LogP contribution in [0.2, 0.25) is 0 Å². The molecule has 0 spiro atoms. The number of nitrogens with zero attached hydrogens (tertiary/aromatic N) is 1. The third kappa shape index (κ3) is 3.42. The Morgan fingerprint density at radius 1 is 1.40 bits per heavy atom. The summed E-state index contributed by atoms with van der Waals surface area (Å²) in [6, 6.07) is 5.38. The summed E-state index contributed by atoms with van der Waals surface area (Å²) in [4.78, 5) is 28.3. The van der Waals surface area contributed by atoms with Crippen LogP contribution < -0.4 is 14.8 Å². The summed E-state index contributed by atoms with van der Waals surface area (Å²) in [6.45, 7) is 1.41. The third-order valence-electron chi connectivity index (χ3n) is 3.64. The van der Waals surface area contributed by atoms with Gasteiger partial charge in [-0.25, -0.2) is 9.78 Å². The first-order valence-electron chi connectivity index (χ1n) is 7.33. The van der Waals surface area contributed by atoms with Crippen molar-refractivity contribution in [3.63, 3.8) is 0 Å². The molecule has 0 saturated carbocycles. The number of hydrogen-bond donors (Lipinski definition) is 2. The van der Waals surface area contributed by atoms with Gasteiger partial charge in [0.15, 0.2) is 17.0 Å². The van der Waals surface area contributed by atoms with Crippen LogP contribution in [0.1, 0.15) is 16.6 Å². The molecule has 9 heteroatoms. The van der Waals surface area contributed by atoms with Crippen LogP contribution >= 0.6 is 11.3 Å². The maximum Gasteiger partial charge on any atom is 0.331 e. The fourth-order valence-electron chi connectivity index (χ4n) is 2.29. The van der Waals surface area contributed by atoms with E-state index < -0.39 is 17.4 Å².